The molecular weight excluding hydrogens is 368 g/mol. The predicted octanol–water partition coefficient (Wildman–Crippen LogP) is 2.73. The van der Waals surface area contributed by atoms with E-state index in [0.29, 0.717) is 11.3 Å². The molecule has 8 heteroatoms. The van der Waals surface area contributed by atoms with Gasteiger partial charge in [-0.15, -0.1) is 0 Å². The van der Waals surface area contributed by atoms with Crippen molar-refractivity contribution in [2.75, 3.05) is 6.54 Å². The van der Waals surface area contributed by atoms with Crippen molar-refractivity contribution in [1.29, 1.82) is 0 Å². The van der Waals surface area contributed by atoms with E-state index in [2.05, 4.69) is 15.5 Å². The Kier molecular flexibility index (Phi) is 7.39. The quantitative estimate of drug-likeness (QED) is 0.538. The van der Waals surface area contributed by atoms with E-state index in [-0.39, 0.29) is 24.3 Å². The number of benzene rings is 2. The minimum atomic E-state index is -0.488. The third-order valence-corrected chi connectivity index (χ3v) is 3.70. The molecule has 0 radical (unpaired) electrons. The van der Waals surface area contributed by atoms with Crippen molar-refractivity contribution < 1.29 is 14.7 Å². The van der Waals surface area contributed by atoms with Gasteiger partial charge in [-0.1, -0.05) is 41.9 Å². The monoisotopic (exact) mass is 386 g/mol. The summed E-state index contributed by atoms with van der Waals surface area (Å²) in [6, 6.07) is 16.1. The molecule has 2 amide bonds. The van der Waals surface area contributed by atoms with E-state index in [1.165, 1.54) is 12.3 Å². The SMILES string of the molecule is Clc1ccccc1.NC(=O)CCNC(=O)c1cn[nH]c1-c1ccccc1O. The van der Waals surface area contributed by atoms with E-state index in [0.717, 1.165) is 5.02 Å². The average Bonchev–Trinajstić information content (AvgIpc) is 3.12. The van der Waals surface area contributed by atoms with Crippen molar-refractivity contribution in [3.63, 3.8) is 0 Å². The maximum atomic E-state index is 12.0. The lowest BCUT2D eigenvalue weighted by Gasteiger charge is -2.06. The Morgan fingerprint density at radius 2 is 1.78 bits per heavy atom. The third-order valence-electron chi connectivity index (χ3n) is 3.45. The Hall–Kier alpha value is -3.32. The maximum absolute atomic E-state index is 12.0. The number of rotatable bonds is 5. The molecule has 0 aliphatic carbocycles. The van der Waals surface area contributed by atoms with Gasteiger partial charge in [-0.2, -0.15) is 5.10 Å². The van der Waals surface area contributed by atoms with Crippen molar-refractivity contribution in [3.05, 3.63) is 71.4 Å². The molecule has 3 aromatic rings. The second-order valence-electron chi connectivity index (χ2n) is 5.44. The molecule has 0 atom stereocenters. The Morgan fingerprint density at radius 1 is 1.11 bits per heavy atom. The molecule has 27 heavy (non-hydrogen) atoms. The van der Waals surface area contributed by atoms with Crippen LogP contribution in [0.1, 0.15) is 16.8 Å². The average molecular weight is 387 g/mol. The van der Waals surface area contributed by atoms with Gasteiger partial charge < -0.3 is 16.2 Å². The van der Waals surface area contributed by atoms with Crippen molar-refractivity contribution >= 4 is 23.4 Å². The lowest BCUT2D eigenvalue weighted by molar-refractivity contribution is -0.117. The first-order valence-corrected chi connectivity index (χ1v) is 8.45. The summed E-state index contributed by atoms with van der Waals surface area (Å²) < 4.78 is 0. The van der Waals surface area contributed by atoms with Crippen LogP contribution in [-0.2, 0) is 4.79 Å². The van der Waals surface area contributed by atoms with Crippen LogP contribution in [0.2, 0.25) is 5.02 Å². The van der Waals surface area contributed by atoms with Gasteiger partial charge >= 0.3 is 0 Å². The Morgan fingerprint density at radius 3 is 2.37 bits per heavy atom. The highest BCUT2D eigenvalue weighted by Crippen LogP contribution is 2.29. The van der Waals surface area contributed by atoms with Gasteiger partial charge in [0.2, 0.25) is 5.91 Å². The zero-order valence-electron chi connectivity index (χ0n) is 14.4. The minimum absolute atomic E-state index is 0.0444. The van der Waals surface area contributed by atoms with Crippen molar-refractivity contribution in [3.8, 4) is 17.0 Å². The van der Waals surface area contributed by atoms with Crippen LogP contribution < -0.4 is 11.1 Å². The van der Waals surface area contributed by atoms with E-state index in [9.17, 15) is 14.7 Å². The number of aromatic nitrogens is 2. The number of hydrogen-bond donors (Lipinski definition) is 4. The van der Waals surface area contributed by atoms with Gasteiger partial charge in [-0.25, -0.2) is 0 Å². The van der Waals surface area contributed by atoms with Crippen LogP contribution in [0, 0.1) is 0 Å². The number of hydrogen-bond acceptors (Lipinski definition) is 4. The number of amides is 2. The smallest absolute Gasteiger partial charge is 0.255 e. The predicted molar refractivity (Wildman–Crippen MR) is 103 cm³/mol. The fraction of sp³-hybridized carbons (Fsp3) is 0.105. The highest BCUT2D eigenvalue weighted by atomic mass is 35.5. The Balaban J connectivity index is 0.000000313. The number of phenolic OH excluding ortho intramolecular Hbond substituents is 1. The van der Waals surface area contributed by atoms with Gasteiger partial charge in [0.05, 0.1) is 17.5 Å². The molecule has 0 saturated heterocycles. The Labute approximate surface area is 161 Å². The zero-order chi connectivity index (χ0) is 19.6. The van der Waals surface area contributed by atoms with Gasteiger partial charge in [0.25, 0.3) is 5.91 Å². The number of carbonyl (C=O) groups is 2. The fourth-order valence-electron chi connectivity index (χ4n) is 2.16. The number of nitrogens with two attached hydrogens (primary N) is 1. The maximum Gasteiger partial charge on any atom is 0.255 e. The minimum Gasteiger partial charge on any atom is -0.507 e. The number of phenols is 1. The zero-order valence-corrected chi connectivity index (χ0v) is 15.1. The van der Waals surface area contributed by atoms with Gasteiger partial charge in [-0.05, 0) is 24.3 Å². The number of H-pyrrole nitrogens is 1. The van der Waals surface area contributed by atoms with Crippen molar-refractivity contribution in [2.45, 2.75) is 6.42 Å². The standard InChI is InChI=1S/C13H14N4O3.C6H5Cl/c14-11(19)5-6-15-13(20)9-7-16-17-12(9)8-3-1-2-4-10(8)18;7-6-4-2-1-3-5-6/h1-4,7,18H,5-6H2,(H2,14,19)(H,15,20)(H,16,17);1-5H. The summed E-state index contributed by atoms with van der Waals surface area (Å²) in [5.74, 6) is -0.834. The molecule has 1 heterocycles. The molecule has 1 aromatic heterocycles. The lowest BCUT2D eigenvalue weighted by Crippen LogP contribution is -2.27. The first-order valence-electron chi connectivity index (χ1n) is 8.08. The number of aromatic amines is 1. The first kappa shape index (κ1) is 20.0. The summed E-state index contributed by atoms with van der Waals surface area (Å²) in [7, 11) is 0. The van der Waals surface area contributed by atoms with E-state index in [1.807, 2.05) is 30.3 Å². The van der Waals surface area contributed by atoms with E-state index >= 15 is 0 Å². The van der Waals surface area contributed by atoms with Crippen LogP contribution in [0.15, 0.2) is 60.8 Å². The number of aromatic hydroxyl groups is 1. The molecule has 0 spiro atoms. The van der Waals surface area contributed by atoms with Gasteiger partial charge in [0.1, 0.15) is 5.75 Å². The fourth-order valence-corrected chi connectivity index (χ4v) is 2.30. The lowest BCUT2D eigenvalue weighted by atomic mass is 10.1. The normalized spacial score (nSPS) is 9.81. The topological polar surface area (TPSA) is 121 Å². The van der Waals surface area contributed by atoms with E-state index < -0.39 is 11.8 Å². The molecule has 0 fully saturated rings. The molecule has 0 saturated carbocycles. The number of nitrogens with one attached hydrogen (secondary N) is 2. The summed E-state index contributed by atoms with van der Waals surface area (Å²) >= 11 is 5.54. The number of primary amides is 1. The second kappa shape index (κ2) is 9.98. The van der Waals surface area contributed by atoms with Crippen LogP contribution in [0.4, 0.5) is 0 Å². The second-order valence-corrected chi connectivity index (χ2v) is 5.88. The van der Waals surface area contributed by atoms with E-state index in [1.54, 1.807) is 18.2 Å². The van der Waals surface area contributed by atoms with Crippen molar-refractivity contribution in [2.24, 2.45) is 5.73 Å². The van der Waals surface area contributed by atoms with Crippen LogP contribution in [0.5, 0.6) is 5.75 Å². The van der Waals surface area contributed by atoms with Crippen LogP contribution >= 0.6 is 11.6 Å². The number of nitrogens with zero attached hydrogens (tertiary/aromatic N) is 1. The van der Waals surface area contributed by atoms with Gasteiger partial charge in [-0.3, -0.25) is 14.7 Å². The third kappa shape index (κ3) is 6.16. The summed E-state index contributed by atoms with van der Waals surface area (Å²) in [5.41, 5.74) is 6.18. The Bertz CT molecular complexity index is 897. The highest BCUT2D eigenvalue weighted by molar-refractivity contribution is 6.30. The summed E-state index contributed by atoms with van der Waals surface area (Å²) in [4.78, 5) is 22.6. The summed E-state index contributed by atoms with van der Waals surface area (Å²) in [6.45, 7) is 0.152. The van der Waals surface area contributed by atoms with Crippen LogP contribution in [0.25, 0.3) is 11.3 Å². The number of carbonyl (C=O) groups excluding carboxylic acids is 2. The van der Waals surface area contributed by atoms with Crippen molar-refractivity contribution in [1.82, 2.24) is 15.5 Å². The van der Waals surface area contributed by atoms with Crippen LogP contribution in [-0.4, -0.2) is 33.7 Å². The van der Waals surface area contributed by atoms with Gasteiger partial charge in [0.15, 0.2) is 0 Å². The van der Waals surface area contributed by atoms with E-state index in [4.69, 9.17) is 17.3 Å². The molecular formula is C19H19ClN4O3. The molecule has 0 unspecified atom stereocenters. The number of halogens is 1. The molecule has 2 aromatic carbocycles. The first-order chi connectivity index (χ1) is 13.0. The molecule has 0 aliphatic rings. The molecule has 7 nitrogen and oxygen atoms in total. The van der Waals surface area contributed by atoms with Crippen LogP contribution in [0.3, 0.4) is 0 Å². The molecule has 5 N–H and O–H groups in total. The summed E-state index contributed by atoms with van der Waals surface area (Å²) in [5, 5.41) is 19.7. The van der Waals surface area contributed by atoms with Gasteiger partial charge in [0, 0.05) is 23.6 Å². The molecule has 140 valence electrons. The number of para-hydroxylation sites is 1. The summed E-state index contributed by atoms with van der Waals surface area (Å²) in [6.07, 6.45) is 1.43. The largest absolute Gasteiger partial charge is 0.507 e. The molecule has 3 rings (SSSR count). The highest BCUT2D eigenvalue weighted by Gasteiger charge is 2.17. The molecule has 0 aliphatic heterocycles. The molecule has 0 bridgehead atoms.